The summed E-state index contributed by atoms with van der Waals surface area (Å²) in [6.07, 6.45) is 0. The summed E-state index contributed by atoms with van der Waals surface area (Å²) in [6.45, 7) is 5.57. The van der Waals surface area contributed by atoms with Crippen LogP contribution in [0.5, 0.6) is 0 Å². The van der Waals surface area contributed by atoms with E-state index in [0.717, 1.165) is 48.6 Å². The Balaban J connectivity index is 1.28. The number of ketones is 1. The fraction of sp³-hybridized carbons (Fsp3) is 0.240. The first kappa shape index (κ1) is 21.5. The van der Waals surface area contributed by atoms with Gasteiger partial charge in [-0.25, -0.2) is 9.37 Å². The maximum atomic E-state index is 13.3. The first-order valence-electron chi connectivity index (χ1n) is 10.8. The number of fused-ring (bicyclic) bond motifs is 1. The predicted octanol–water partition coefficient (Wildman–Crippen LogP) is 4.32. The molecule has 0 unspecified atom stereocenters. The normalized spacial score (nSPS) is 14.7. The Morgan fingerprint density at radius 1 is 1.06 bits per heavy atom. The highest BCUT2D eigenvalue weighted by Crippen LogP contribution is 2.31. The molecule has 2 aromatic heterocycles. The topological polar surface area (TPSA) is 69.3 Å². The SMILES string of the molecule is CC(=O)c1ccc(N2CCN(Cc3nc4scc(-c5ccc(F)cc5)c4c(=O)[nH]3)CC2)cc1. The Morgan fingerprint density at radius 3 is 2.42 bits per heavy atom. The van der Waals surface area contributed by atoms with E-state index in [1.165, 1.54) is 23.5 Å². The summed E-state index contributed by atoms with van der Waals surface area (Å²) in [5.41, 5.74) is 3.24. The van der Waals surface area contributed by atoms with Crippen LogP contribution in [0.4, 0.5) is 10.1 Å². The number of rotatable bonds is 5. The molecule has 1 saturated heterocycles. The third-order valence-electron chi connectivity index (χ3n) is 6.03. The molecule has 168 valence electrons. The van der Waals surface area contributed by atoms with Gasteiger partial charge < -0.3 is 9.88 Å². The van der Waals surface area contributed by atoms with Crippen LogP contribution in [-0.2, 0) is 6.54 Å². The number of Topliss-reactive ketones (excluding diaryl/α,β-unsaturated/α-hetero) is 1. The quantitative estimate of drug-likeness (QED) is 0.448. The molecule has 0 saturated carbocycles. The number of H-pyrrole nitrogens is 1. The van der Waals surface area contributed by atoms with Gasteiger partial charge >= 0.3 is 0 Å². The molecule has 0 spiro atoms. The van der Waals surface area contributed by atoms with Gasteiger partial charge in [0, 0.05) is 48.4 Å². The fourth-order valence-corrected chi connectivity index (χ4v) is 5.16. The monoisotopic (exact) mass is 462 g/mol. The van der Waals surface area contributed by atoms with Crippen molar-refractivity contribution in [2.45, 2.75) is 13.5 Å². The molecule has 0 aliphatic carbocycles. The summed E-state index contributed by atoms with van der Waals surface area (Å²) in [5, 5.41) is 2.45. The Labute approximate surface area is 194 Å². The molecule has 5 rings (SSSR count). The summed E-state index contributed by atoms with van der Waals surface area (Å²) < 4.78 is 13.3. The standard InChI is InChI=1S/C25H23FN4O2S/c1-16(31)17-4-8-20(9-5-17)30-12-10-29(11-13-30)14-22-27-24(32)23-21(15-33-25(23)28-22)18-2-6-19(26)7-3-18/h2-9,15H,10-14H2,1H3,(H,27,28,32). The molecule has 8 heteroatoms. The van der Waals surface area contributed by atoms with E-state index in [1.54, 1.807) is 19.1 Å². The highest BCUT2D eigenvalue weighted by molar-refractivity contribution is 7.17. The molecule has 0 amide bonds. The molecule has 2 aromatic carbocycles. The second kappa shape index (κ2) is 8.88. The minimum absolute atomic E-state index is 0.0698. The van der Waals surface area contributed by atoms with Crippen LogP contribution in [0.1, 0.15) is 23.1 Å². The lowest BCUT2D eigenvalue weighted by molar-refractivity contribution is 0.101. The maximum Gasteiger partial charge on any atom is 0.260 e. The summed E-state index contributed by atoms with van der Waals surface area (Å²) in [4.78, 5) is 37.2. The van der Waals surface area contributed by atoms with Gasteiger partial charge in [0.1, 0.15) is 16.5 Å². The van der Waals surface area contributed by atoms with Crippen LogP contribution in [0.15, 0.2) is 58.7 Å². The molecule has 6 nitrogen and oxygen atoms in total. The summed E-state index contributed by atoms with van der Waals surface area (Å²) in [5.74, 6) is 0.417. The molecule has 1 aliphatic heterocycles. The second-order valence-electron chi connectivity index (χ2n) is 8.22. The van der Waals surface area contributed by atoms with Gasteiger partial charge in [-0.2, -0.15) is 0 Å². The number of nitrogens with zero attached hydrogens (tertiary/aromatic N) is 3. The fourth-order valence-electron chi connectivity index (χ4n) is 4.19. The number of anilines is 1. The molecule has 33 heavy (non-hydrogen) atoms. The zero-order valence-corrected chi connectivity index (χ0v) is 19.0. The van der Waals surface area contributed by atoms with Crippen LogP contribution < -0.4 is 10.5 Å². The van der Waals surface area contributed by atoms with Crippen molar-refractivity contribution in [2.24, 2.45) is 0 Å². The third-order valence-corrected chi connectivity index (χ3v) is 6.91. The van der Waals surface area contributed by atoms with E-state index in [-0.39, 0.29) is 17.2 Å². The van der Waals surface area contributed by atoms with Crippen molar-refractivity contribution in [2.75, 3.05) is 31.1 Å². The van der Waals surface area contributed by atoms with Crippen molar-refractivity contribution in [3.63, 3.8) is 0 Å². The van der Waals surface area contributed by atoms with Crippen LogP contribution in [0, 0.1) is 5.82 Å². The Hall–Kier alpha value is -3.36. The van der Waals surface area contributed by atoms with E-state index in [9.17, 15) is 14.0 Å². The lowest BCUT2D eigenvalue weighted by Gasteiger charge is -2.35. The van der Waals surface area contributed by atoms with E-state index >= 15 is 0 Å². The van der Waals surface area contributed by atoms with Gasteiger partial charge in [-0.05, 0) is 48.9 Å². The van der Waals surface area contributed by atoms with Crippen molar-refractivity contribution in [1.29, 1.82) is 0 Å². The molecule has 0 bridgehead atoms. The summed E-state index contributed by atoms with van der Waals surface area (Å²) in [6, 6.07) is 13.9. The smallest absolute Gasteiger partial charge is 0.260 e. The Kier molecular flexibility index (Phi) is 5.78. The first-order valence-corrected chi connectivity index (χ1v) is 11.7. The largest absolute Gasteiger partial charge is 0.369 e. The predicted molar refractivity (Wildman–Crippen MR) is 130 cm³/mol. The number of halogens is 1. The first-order chi connectivity index (χ1) is 16.0. The van der Waals surface area contributed by atoms with Crippen LogP contribution >= 0.6 is 11.3 Å². The summed E-state index contributed by atoms with van der Waals surface area (Å²) >= 11 is 1.43. The number of piperazine rings is 1. The van der Waals surface area contributed by atoms with Gasteiger partial charge in [0.15, 0.2) is 5.78 Å². The van der Waals surface area contributed by atoms with E-state index in [4.69, 9.17) is 4.98 Å². The molecule has 1 N–H and O–H groups in total. The van der Waals surface area contributed by atoms with Crippen LogP contribution in [0.3, 0.4) is 0 Å². The third kappa shape index (κ3) is 4.44. The lowest BCUT2D eigenvalue weighted by atomic mass is 10.1. The minimum atomic E-state index is -0.305. The van der Waals surface area contributed by atoms with Crippen molar-refractivity contribution in [3.8, 4) is 11.1 Å². The number of carbonyl (C=O) groups is 1. The van der Waals surface area contributed by atoms with E-state index in [1.807, 2.05) is 29.6 Å². The number of hydrogen-bond donors (Lipinski definition) is 1. The Morgan fingerprint density at radius 2 is 1.76 bits per heavy atom. The maximum absolute atomic E-state index is 13.3. The van der Waals surface area contributed by atoms with E-state index in [2.05, 4.69) is 14.8 Å². The van der Waals surface area contributed by atoms with Gasteiger partial charge in [0.2, 0.25) is 0 Å². The number of benzene rings is 2. The average Bonchev–Trinajstić information content (AvgIpc) is 3.25. The average molecular weight is 463 g/mol. The van der Waals surface area contributed by atoms with Gasteiger partial charge in [-0.3, -0.25) is 14.5 Å². The van der Waals surface area contributed by atoms with Crippen LogP contribution in [0.25, 0.3) is 21.3 Å². The lowest BCUT2D eigenvalue weighted by Crippen LogP contribution is -2.46. The molecule has 1 fully saturated rings. The molecule has 3 heterocycles. The number of hydrogen-bond acceptors (Lipinski definition) is 6. The zero-order chi connectivity index (χ0) is 22.9. The van der Waals surface area contributed by atoms with Crippen LogP contribution in [0.2, 0.25) is 0 Å². The molecule has 4 aromatic rings. The van der Waals surface area contributed by atoms with Crippen molar-refractivity contribution >= 4 is 33.0 Å². The summed E-state index contributed by atoms with van der Waals surface area (Å²) in [7, 11) is 0. The van der Waals surface area contributed by atoms with Gasteiger partial charge in [-0.1, -0.05) is 12.1 Å². The highest BCUT2D eigenvalue weighted by Gasteiger charge is 2.19. The van der Waals surface area contributed by atoms with Crippen molar-refractivity contribution in [1.82, 2.24) is 14.9 Å². The number of nitrogens with one attached hydrogen (secondary N) is 1. The van der Waals surface area contributed by atoms with Gasteiger partial charge in [0.25, 0.3) is 5.56 Å². The number of aromatic nitrogens is 2. The molecular formula is C25H23FN4O2S. The molecule has 0 radical (unpaired) electrons. The number of aromatic amines is 1. The van der Waals surface area contributed by atoms with Crippen LogP contribution in [-0.4, -0.2) is 46.8 Å². The molecule has 0 atom stereocenters. The molecular weight excluding hydrogens is 439 g/mol. The van der Waals surface area contributed by atoms with Crippen molar-refractivity contribution in [3.05, 3.63) is 81.5 Å². The minimum Gasteiger partial charge on any atom is -0.369 e. The van der Waals surface area contributed by atoms with E-state index in [0.29, 0.717) is 22.6 Å². The molecule has 1 aliphatic rings. The Bertz CT molecular complexity index is 1350. The van der Waals surface area contributed by atoms with Gasteiger partial charge in [0.05, 0.1) is 11.9 Å². The second-order valence-corrected chi connectivity index (χ2v) is 9.07. The highest BCUT2D eigenvalue weighted by atomic mass is 32.1. The van der Waals surface area contributed by atoms with Gasteiger partial charge in [-0.15, -0.1) is 11.3 Å². The van der Waals surface area contributed by atoms with Crippen molar-refractivity contribution < 1.29 is 9.18 Å². The zero-order valence-electron chi connectivity index (χ0n) is 18.2. The number of thiophene rings is 1. The number of carbonyl (C=O) groups excluding carboxylic acids is 1. The van der Waals surface area contributed by atoms with E-state index < -0.39 is 0 Å².